The van der Waals surface area contributed by atoms with Gasteiger partial charge in [0.15, 0.2) is 12.4 Å². The van der Waals surface area contributed by atoms with Crippen molar-refractivity contribution in [2.75, 3.05) is 6.73 Å². The van der Waals surface area contributed by atoms with E-state index in [0.29, 0.717) is 33.5 Å². The van der Waals surface area contributed by atoms with Gasteiger partial charge < -0.3 is 4.74 Å². The summed E-state index contributed by atoms with van der Waals surface area (Å²) in [7, 11) is 1.76. The molecular weight excluding hydrogens is 416 g/mol. The lowest BCUT2D eigenvalue weighted by Gasteiger charge is -2.14. The molecule has 0 spiro atoms. The van der Waals surface area contributed by atoms with Crippen molar-refractivity contribution in [1.29, 1.82) is 0 Å². The van der Waals surface area contributed by atoms with Crippen LogP contribution >= 0.6 is 11.3 Å². The summed E-state index contributed by atoms with van der Waals surface area (Å²) < 4.78 is 7.03. The standard InChI is InChI=1S/C22H16N4O4S/c1-12-18-15(10-16(17-8-5-9-31-17)23-19(18)25(2)24-12)22(29)30-11-26-20(27)13-6-3-4-7-14(13)21(26)28/h3-10H,11H2,1-2H3. The minimum Gasteiger partial charge on any atom is -0.440 e. The van der Waals surface area contributed by atoms with Crippen molar-refractivity contribution in [1.82, 2.24) is 19.7 Å². The van der Waals surface area contributed by atoms with Gasteiger partial charge in [0.05, 0.1) is 38.3 Å². The maximum Gasteiger partial charge on any atom is 0.340 e. The maximum atomic E-state index is 13.1. The average Bonchev–Trinajstić information content (AvgIpc) is 3.46. The number of aryl methyl sites for hydroxylation is 2. The molecule has 0 aliphatic carbocycles. The summed E-state index contributed by atoms with van der Waals surface area (Å²) in [4.78, 5) is 44.6. The third-order valence-electron chi connectivity index (χ3n) is 5.17. The smallest absolute Gasteiger partial charge is 0.340 e. The van der Waals surface area contributed by atoms with Crippen LogP contribution in [-0.2, 0) is 11.8 Å². The highest BCUT2D eigenvalue weighted by molar-refractivity contribution is 7.13. The Hall–Kier alpha value is -3.85. The Balaban J connectivity index is 1.48. The van der Waals surface area contributed by atoms with Crippen molar-refractivity contribution in [2.24, 2.45) is 7.05 Å². The largest absolute Gasteiger partial charge is 0.440 e. The average molecular weight is 432 g/mol. The van der Waals surface area contributed by atoms with Crippen molar-refractivity contribution >= 4 is 40.2 Å². The summed E-state index contributed by atoms with van der Waals surface area (Å²) >= 11 is 1.50. The number of pyridine rings is 1. The lowest BCUT2D eigenvalue weighted by Crippen LogP contribution is -2.33. The monoisotopic (exact) mass is 432 g/mol. The van der Waals surface area contributed by atoms with Gasteiger partial charge in [0.25, 0.3) is 11.8 Å². The van der Waals surface area contributed by atoms with Gasteiger partial charge in [-0.3, -0.25) is 14.3 Å². The van der Waals surface area contributed by atoms with E-state index >= 15 is 0 Å². The van der Waals surface area contributed by atoms with Crippen molar-refractivity contribution in [3.63, 3.8) is 0 Å². The summed E-state index contributed by atoms with van der Waals surface area (Å²) in [6.07, 6.45) is 0. The minimum absolute atomic E-state index is 0.288. The van der Waals surface area contributed by atoms with E-state index in [1.165, 1.54) is 11.3 Å². The van der Waals surface area contributed by atoms with Crippen LogP contribution in [0, 0.1) is 6.92 Å². The van der Waals surface area contributed by atoms with Crippen molar-refractivity contribution in [3.05, 3.63) is 70.2 Å². The van der Waals surface area contributed by atoms with Crippen LogP contribution in [0.2, 0.25) is 0 Å². The van der Waals surface area contributed by atoms with Crippen LogP contribution in [0.25, 0.3) is 21.6 Å². The number of amides is 2. The van der Waals surface area contributed by atoms with Crippen LogP contribution in [-0.4, -0.2) is 44.2 Å². The van der Waals surface area contributed by atoms with Crippen LogP contribution in [0.5, 0.6) is 0 Å². The number of rotatable bonds is 4. The molecule has 0 bridgehead atoms. The molecule has 3 aromatic heterocycles. The molecule has 0 saturated carbocycles. The first-order valence-corrected chi connectivity index (χ1v) is 10.3. The fraction of sp³-hybridized carbons (Fsp3) is 0.136. The molecule has 5 rings (SSSR count). The number of fused-ring (bicyclic) bond motifs is 2. The molecule has 0 saturated heterocycles. The number of benzene rings is 1. The molecule has 1 aliphatic heterocycles. The van der Waals surface area contributed by atoms with Crippen LogP contribution in [0.15, 0.2) is 47.8 Å². The zero-order valence-electron chi connectivity index (χ0n) is 16.7. The third-order valence-corrected chi connectivity index (χ3v) is 6.06. The first kappa shape index (κ1) is 19.1. The van der Waals surface area contributed by atoms with E-state index in [1.54, 1.807) is 49.0 Å². The number of ether oxygens (including phenoxy) is 1. The van der Waals surface area contributed by atoms with E-state index in [0.717, 1.165) is 9.78 Å². The number of hydrogen-bond donors (Lipinski definition) is 0. The number of thiophene rings is 1. The number of carbonyl (C=O) groups excluding carboxylic acids is 3. The molecule has 0 radical (unpaired) electrons. The fourth-order valence-corrected chi connectivity index (χ4v) is 4.40. The molecular formula is C22H16N4O4S. The number of aromatic nitrogens is 3. The van der Waals surface area contributed by atoms with E-state index in [4.69, 9.17) is 4.74 Å². The number of carbonyl (C=O) groups is 3. The summed E-state index contributed by atoms with van der Waals surface area (Å²) in [5.41, 5.74) is 2.70. The lowest BCUT2D eigenvalue weighted by atomic mass is 10.1. The number of hydrogen-bond acceptors (Lipinski definition) is 7. The predicted molar refractivity (Wildman–Crippen MR) is 114 cm³/mol. The Kier molecular flexibility index (Phi) is 4.40. The second kappa shape index (κ2) is 7.13. The summed E-state index contributed by atoms with van der Waals surface area (Å²) in [5.74, 6) is -1.62. The van der Waals surface area contributed by atoms with Crippen LogP contribution in [0.1, 0.15) is 36.8 Å². The van der Waals surface area contributed by atoms with E-state index < -0.39 is 24.5 Å². The molecule has 0 N–H and O–H groups in total. The first-order chi connectivity index (χ1) is 15.0. The lowest BCUT2D eigenvalue weighted by molar-refractivity contribution is 0.0229. The Morgan fingerprint density at radius 3 is 2.45 bits per heavy atom. The molecule has 31 heavy (non-hydrogen) atoms. The van der Waals surface area contributed by atoms with E-state index in [-0.39, 0.29) is 5.56 Å². The van der Waals surface area contributed by atoms with Crippen LogP contribution < -0.4 is 0 Å². The molecule has 8 nitrogen and oxygen atoms in total. The molecule has 0 fully saturated rings. The normalized spacial score (nSPS) is 13.2. The van der Waals surface area contributed by atoms with Gasteiger partial charge in [-0.05, 0) is 36.6 Å². The van der Waals surface area contributed by atoms with Gasteiger partial charge in [-0.15, -0.1) is 11.3 Å². The zero-order chi connectivity index (χ0) is 21.7. The Bertz CT molecular complexity index is 1340. The Labute approximate surface area is 180 Å². The molecule has 9 heteroatoms. The fourth-order valence-electron chi connectivity index (χ4n) is 3.71. The van der Waals surface area contributed by atoms with Crippen LogP contribution in [0.3, 0.4) is 0 Å². The quantitative estimate of drug-likeness (QED) is 0.362. The second-order valence-electron chi connectivity index (χ2n) is 7.08. The molecule has 0 unspecified atom stereocenters. The molecule has 1 aliphatic rings. The van der Waals surface area contributed by atoms with Gasteiger partial charge in [-0.2, -0.15) is 5.10 Å². The predicted octanol–water partition coefficient (Wildman–Crippen LogP) is 3.42. The maximum absolute atomic E-state index is 13.1. The Morgan fingerprint density at radius 1 is 1.10 bits per heavy atom. The van der Waals surface area contributed by atoms with Crippen molar-refractivity contribution in [2.45, 2.75) is 6.92 Å². The summed E-state index contributed by atoms with van der Waals surface area (Å²) in [5, 5.41) is 6.88. The first-order valence-electron chi connectivity index (χ1n) is 9.46. The third kappa shape index (κ3) is 3.01. The van der Waals surface area contributed by atoms with Gasteiger partial charge in [-0.25, -0.2) is 14.7 Å². The van der Waals surface area contributed by atoms with Gasteiger partial charge in [0, 0.05) is 7.05 Å². The molecule has 1 aromatic carbocycles. The topological polar surface area (TPSA) is 94.4 Å². The molecule has 0 atom stereocenters. The van der Waals surface area contributed by atoms with Gasteiger partial charge >= 0.3 is 5.97 Å². The highest BCUT2D eigenvalue weighted by Gasteiger charge is 2.36. The van der Waals surface area contributed by atoms with Crippen LogP contribution in [0.4, 0.5) is 0 Å². The van der Waals surface area contributed by atoms with E-state index in [9.17, 15) is 14.4 Å². The SMILES string of the molecule is Cc1nn(C)c2nc(-c3cccs3)cc(C(=O)OCN3C(=O)c4ccccc4C3=O)c12. The number of nitrogens with zero attached hydrogens (tertiary/aromatic N) is 4. The highest BCUT2D eigenvalue weighted by atomic mass is 32.1. The highest BCUT2D eigenvalue weighted by Crippen LogP contribution is 2.30. The van der Waals surface area contributed by atoms with Crippen molar-refractivity contribution in [3.8, 4) is 10.6 Å². The van der Waals surface area contributed by atoms with E-state index in [2.05, 4.69) is 10.1 Å². The van der Waals surface area contributed by atoms with Crippen molar-refractivity contribution < 1.29 is 19.1 Å². The molecule has 2 amide bonds. The van der Waals surface area contributed by atoms with Gasteiger partial charge in [0.1, 0.15) is 0 Å². The van der Waals surface area contributed by atoms with Gasteiger partial charge in [0.2, 0.25) is 0 Å². The van der Waals surface area contributed by atoms with E-state index in [1.807, 2.05) is 17.5 Å². The summed E-state index contributed by atoms with van der Waals surface area (Å²) in [6.45, 7) is 1.32. The molecule has 4 heterocycles. The second-order valence-corrected chi connectivity index (χ2v) is 8.03. The minimum atomic E-state index is -0.655. The molecule has 4 aromatic rings. The van der Waals surface area contributed by atoms with Gasteiger partial charge in [-0.1, -0.05) is 18.2 Å². The zero-order valence-corrected chi connectivity index (χ0v) is 17.5. The Morgan fingerprint density at radius 2 is 1.81 bits per heavy atom. The summed E-state index contributed by atoms with van der Waals surface area (Å²) in [6, 6.07) is 12.0. The number of esters is 1. The number of imide groups is 1. The molecule has 154 valence electrons.